The zero-order valence-corrected chi connectivity index (χ0v) is 12.3. The molecule has 2 rings (SSSR count). The normalized spacial score (nSPS) is 14.5. The second-order valence-electron chi connectivity index (χ2n) is 4.49. The first-order chi connectivity index (χ1) is 9.00. The molecule has 0 spiro atoms. The minimum Gasteiger partial charge on any atom is -0.269 e. The number of benzene rings is 1. The van der Waals surface area contributed by atoms with Gasteiger partial charge in [0.25, 0.3) is 11.8 Å². The standard InChI is InChI=1S/C14H13BrN2O2/c1-3-14(4-2,8-16)17-12(18)10-6-5-9(15)7-11(10)13(17)19/h5-7H,3-4H2,1-2H3. The minimum atomic E-state index is -1.06. The van der Waals surface area contributed by atoms with Crippen LogP contribution in [0.1, 0.15) is 47.4 Å². The number of hydrogen-bond donors (Lipinski definition) is 0. The molecular formula is C14H13BrN2O2. The zero-order valence-electron chi connectivity index (χ0n) is 10.7. The summed E-state index contributed by atoms with van der Waals surface area (Å²) in [7, 11) is 0. The zero-order chi connectivity index (χ0) is 14.2. The van der Waals surface area contributed by atoms with Crippen molar-refractivity contribution in [1.29, 1.82) is 5.26 Å². The molecule has 0 saturated carbocycles. The van der Waals surface area contributed by atoms with Gasteiger partial charge in [-0.2, -0.15) is 5.26 Å². The van der Waals surface area contributed by atoms with Crippen molar-refractivity contribution < 1.29 is 9.59 Å². The molecule has 5 heteroatoms. The Labute approximate surface area is 120 Å². The minimum absolute atomic E-state index is 0.362. The van der Waals surface area contributed by atoms with Gasteiger partial charge in [0.2, 0.25) is 0 Å². The van der Waals surface area contributed by atoms with Gasteiger partial charge in [-0.1, -0.05) is 29.8 Å². The van der Waals surface area contributed by atoms with Gasteiger partial charge in [-0.3, -0.25) is 14.5 Å². The summed E-state index contributed by atoms with van der Waals surface area (Å²) in [4.78, 5) is 25.9. The topological polar surface area (TPSA) is 61.2 Å². The van der Waals surface area contributed by atoms with Gasteiger partial charge in [0.15, 0.2) is 0 Å². The second kappa shape index (κ2) is 4.78. The fourth-order valence-corrected chi connectivity index (χ4v) is 2.74. The number of hydrogen-bond acceptors (Lipinski definition) is 3. The Hall–Kier alpha value is -1.67. The van der Waals surface area contributed by atoms with Gasteiger partial charge in [-0.15, -0.1) is 0 Å². The molecule has 0 fully saturated rings. The maximum atomic E-state index is 12.4. The van der Waals surface area contributed by atoms with Crippen molar-refractivity contribution in [2.45, 2.75) is 32.2 Å². The highest BCUT2D eigenvalue weighted by atomic mass is 79.9. The van der Waals surface area contributed by atoms with E-state index in [4.69, 9.17) is 0 Å². The summed E-state index contributed by atoms with van der Waals surface area (Å²) in [6, 6.07) is 7.11. The molecule has 1 aliphatic heterocycles. The molecule has 4 nitrogen and oxygen atoms in total. The molecule has 19 heavy (non-hydrogen) atoms. The first-order valence-electron chi connectivity index (χ1n) is 6.10. The Morgan fingerprint density at radius 3 is 2.32 bits per heavy atom. The van der Waals surface area contributed by atoms with Crippen LogP contribution in [0.3, 0.4) is 0 Å². The number of nitrogens with zero attached hydrogens (tertiary/aromatic N) is 2. The Balaban J connectivity index is 2.57. The molecular weight excluding hydrogens is 308 g/mol. The van der Waals surface area contributed by atoms with Crippen LogP contribution in [-0.4, -0.2) is 22.3 Å². The molecule has 0 bridgehead atoms. The number of fused-ring (bicyclic) bond motifs is 1. The molecule has 0 aliphatic carbocycles. The Morgan fingerprint density at radius 2 is 1.79 bits per heavy atom. The number of rotatable bonds is 3. The molecule has 0 saturated heterocycles. The maximum absolute atomic E-state index is 12.4. The number of nitriles is 1. The van der Waals surface area contributed by atoms with Crippen molar-refractivity contribution in [1.82, 2.24) is 4.90 Å². The molecule has 0 atom stereocenters. The second-order valence-corrected chi connectivity index (χ2v) is 5.40. The largest absolute Gasteiger partial charge is 0.269 e. The van der Waals surface area contributed by atoms with Crippen LogP contribution in [0.2, 0.25) is 0 Å². The maximum Gasteiger partial charge on any atom is 0.262 e. The molecule has 0 radical (unpaired) electrons. The molecule has 0 aromatic heterocycles. The van der Waals surface area contributed by atoms with Crippen LogP contribution in [0.25, 0.3) is 0 Å². The fourth-order valence-electron chi connectivity index (χ4n) is 2.38. The van der Waals surface area contributed by atoms with E-state index in [0.29, 0.717) is 24.0 Å². The Bertz CT molecular complexity index is 600. The van der Waals surface area contributed by atoms with E-state index in [0.717, 1.165) is 9.37 Å². The summed E-state index contributed by atoms with van der Waals surface area (Å²) in [5.41, 5.74) is -0.324. The molecule has 0 unspecified atom stereocenters. The fraction of sp³-hybridized carbons (Fsp3) is 0.357. The molecule has 1 aromatic rings. The Morgan fingerprint density at radius 1 is 1.21 bits per heavy atom. The van der Waals surface area contributed by atoms with Crippen LogP contribution >= 0.6 is 15.9 Å². The van der Waals surface area contributed by atoms with Crippen molar-refractivity contribution in [2.24, 2.45) is 0 Å². The van der Waals surface area contributed by atoms with Crippen molar-refractivity contribution in [2.75, 3.05) is 0 Å². The third-order valence-corrected chi connectivity index (χ3v) is 4.15. The summed E-state index contributed by atoms with van der Waals surface area (Å²) in [6.45, 7) is 3.62. The van der Waals surface area contributed by atoms with E-state index in [1.54, 1.807) is 18.2 Å². The van der Waals surface area contributed by atoms with Crippen molar-refractivity contribution in [3.05, 3.63) is 33.8 Å². The smallest absolute Gasteiger partial charge is 0.262 e. The highest BCUT2D eigenvalue weighted by Crippen LogP contribution is 2.34. The van der Waals surface area contributed by atoms with Crippen molar-refractivity contribution in [3.63, 3.8) is 0 Å². The molecule has 1 aliphatic rings. The predicted octanol–water partition coefficient (Wildman–Crippen LogP) is 3.13. The van der Waals surface area contributed by atoms with Gasteiger partial charge in [0.05, 0.1) is 17.2 Å². The van der Waals surface area contributed by atoms with Crippen molar-refractivity contribution >= 4 is 27.7 Å². The van der Waals surface area contributed by atoms with Crippen molar-refractivity contribution in [3.8, 4) is 6.07 Å². The summed E-state index contributed by atoms with van der Waals surface area (Å²) < 4.78 is 0.741. The van der Waals surface area contributed by atoms with E-state index >= 15 is 0 Å². The highest BCUT2D eigenvalue weighted by Gasteiger charge is 2.47. The lowest BCUT2D eigenvalue weighted by molar-refractivity contribution is 0.0494. The quantitative estimate of drug-likeness (QED) is 0.804. The number of imide groups is 1. The average Bonchev–Trinajstić information content (AvgIpc) is 2.66. The first kappa shape index (κ1) is 13.8. The van der Waals surface area contributed by atoms with Gasteiger partial charge >= 0.3 is 0 Å². The van der Waals surface area contributed by atoms with E-state index < -0.39 is 5.54 Å². The monoisotopic (exact) mass is 320 g/mol. The average molecular weight is 321 g/mol. The van der Waals surface area contributed by atoms with Gasteiger partial charge < -0.3 is 0 Å². The first-order valence-corrected chi connectivity index (χ1v) is 6.89. The van der Waals surface area contributed by atoms with Gasteiger partial charge in [0.1, 0.15) is 5.54 Å². The van der Waals surface area contributed by atoms with Crippen LogP contribution in [0.15, 0.2) is 22.7 Å². The van der Waals surface area contributed by atoms with Gasteiger partial charge in [-0.25, -0.2) is 0 Å². The summed E-state index contributed by atoms with van der Waals surface area (Å²) in [5, 5.41) is 9.40. The van der Waals surface area contributed by atoms with E-state index in [1.807, 2.05) is 13.8 Å². The van der Waals surface area contributed by atoms with E-state index in [9.17, 15) is 14.9 Å². The van der Waals surface area contributed by atoms with Crippen LogP contribution in [0.4, 0.5) is 0 Å². The number of halogens is 1. The summed E-state index contributed by atoms with van der Waals surface area (Å²) >= 11 is 3.29. The number of carbonyl (C=O) groups is 2. The van der Waals surface area contributed by atoms with Crippen LogP contribution in [0.5, 0.6) is 0 Å². The molecule has 2 amide bonds. The predicted molar refractivity (Wildman–Crippen MR) is 73.6 cm³/mol. The molecule has 1 aromatic carbocycles. The van der Waals surface area contributed by atoms with Crippen LogP contribution in [0, 0.1) is 11.3 Å². The number of carbonyl (C=O) groups excluding carboxylic acids is 2. The van der Waals surface area contributed by atoms with Crippen LogP contribution < -0.4 is 0 Å². The summed E-state index contributed by atoms with van der Waals surface area (Å²) in [5.74, 6) is -0.760. The third-order valence-electron chi connectivity index (χ3n) is 3.65. The van der Waals surface area contributed by atoms with E-state index in [1.165, 1.54) is 0 Å². The van der Waals surface area contributed by atoms with E-state index in [2.05, 4.69) is 22.0 Å². The van der Waals surface area contributed by atoms with Gasteiger partial charge in [0, 0.05) is 4.47 Å². The lowest BCUT2D eigenvalue weighted by Gasteiger charge is -2.32. The Kier molecular flexibility index (Phi) is 3.46. The molecule has 0 N–H and O–H groups in total. The van der Waals surface area contributed by atoms with Crippen LogP contribution in [-0.2, 0) is 0 Å². The molecule has 98 valence electrons. The SMILES string of the molecule is CCC(C#N)(CC)N1C(=O)c2ccc(Br)cc2C1=O. The highest BCUT2D eigenvalue weighted by molar-refractivity contribution is 9.10. The lowest BCUT2D eigenvalue weighted by atomic mass is 9.92. The van der Waals surface area contributed by atoms with Gasteiger partial charge in [-0.05, 0) is 31.0 Å². The third kappa shape index (κ3) is 1.87. The van der Waals surface area contributed by atoms with E-state index in [-0.39, 0.29) is 11.8 Å². The lowest BCUT2D eigenvalue weighted by Crippen LogP contribution is -2.50. The molecule has 1 heterocycles. The summed E-state index contributed by atoms with van der Waals surface area (Å²) in [6.07, 6.45) is 0.847. The number of amides is 2.